The topological polar surface area (TPSA) is 51.2 Å². The Morgan fingerprint density at radius 1 is 1.10 bits per heavy atom. The summed E-state index contributed by atoms with van der Waals surface area (Å²) in [5.41, 5.74) is 0.744. The van der Waals surface area contributed by atoms with Gasteiger partial charge in [0.25, 0.3) is 0 Å². The number of hydrogen-bond donors (Lipinski definition) is 1. The van der Waals surface area contributed by atoms with E-state index in [1.54, 1.807) is 26.4 Å². The molecule has 0 radical (unpaired) electrons. The Kier molecular flexibility index (Phi) is 6.14. The second kappa shape index (κ2) is 8.10. The lowest BCUT2D eigenvalue weighted by atomic mass is 10.2. The molecule has 5 nitrogen and oxygen atoms in total. The number of nitrogens with zero attached hydrogens (tertiary/aromatic N) is 1. The van der Waals surface area contributed by atoms with Crippen LogP contribution in [0.2, 0.25) is 0 Å². The maximum absolute atomic E-state index is 9.25. The van der Waals surface area contributed by atoms with Crippen molar-refractivity contribution in [2.24, 2.45) is 0 Å². The van der Waals surface area contributed by atoms with Gasteiger partial charge in [0.05, 0.1) is 27.4 Å². The number of rotatable bonds is 8. The van der Waals surface area contributed by atoms with Crippen molar-refractivity contribution in [1.82, 2.24) is 4.90 Å². The Balaban J connectivity index is 1.94. The summed E-state index contributed by atoms with van der Waals surface area (Å²) < 4.78 is 16.5. The molecule has 0 aliphatic carbocycles. The van der Waals surface area contributed by atoms with Gasteiger partial charge in [0.1, 0.15) is 0 Å². The van der Waals surface area contributed by atoms with Crippen molar-refractivity contribution in [2.45, 2.75) is 25.9 Å². The molecule has 0 spiro atoms. The molecule has 0 saturated carbocycles. The van der Waals surface area contributed by atoms with E-state index in [0.717, 1.165) is 18.5 Å². The lowest BCUT2D eigenvalue weighted by Crippen LogP contribution is -2.22. The summed E-state index contributed by atoms with van der Waals surface area (Å²) >= 11 is 0. The third kappa shape index (κ3) is 4.25. The van der Waals surface area contributed by atoms with Crippen LogP contribution >= 0.6 is 0 Å². The molecule has 1 N–H and O–H groups in total. The zero-order valence-electron chi connectivity index (χ0n) is 12.9. The van der Waals surface area contributed by atoms with Crippen LogP contribution in [0.4, 0.5) is 0 Å². The molecule has 1 aromatic rings. The Morgan fingerprint density at radius 2 is 1.71 bits per heavy atom. The van der Waals surface area contributed by atoms with E-state index in [1.807, 2.05) is 0 Å². The van der Waals surface area contributed by atoms with Gasteiger partial charge < -0.3 is 24.2 Å². The van der Waals surface area contributed by atoms with Gasteiger partial charge in [-0.05, 0) is 50.0 Å². The van der Waals surface area contributed by atoms with E-state index < -0.39 is 0 Å². The quantitative estimate of drug-likeness (QED) is 0.744. The summed E-state index contributed by atoms with van der Waals surface area (Å²) in [5.74, 6) is 1.80. The van der Waals surface area contributed by atoms with E-state index >= 15 is 0 Å². The molecule has 0 unspecified atom stereocenters. The maximum Gasteiger partial charge on any atom is 0.203 e. The normalized spacial score (nSPS) is 15.2. The van der Waals surface area contributed by atoms with Gasteiger partial charge in [0, 0.05) is 6.54 Å². The molecule has 1 aliphatic heterocycles. The molecule has 5 heteroatoms. The zero-order valence-corrected chi connectivity index (χ0v) is 12.9. The fourth-order valence-electron chi connectivity index (χ4n) is 2.64. The Morgan fingerprint density at radius 3 is 2.24 bits per heavy atom. The molecule has 0 bridgehead atoms. The van der Waals surface area contributed by atoms with E-state index in [1.165, 1.54) is 25.9 Å². The highest BCUT2D eigenvalue weighted by atomic mass is 16.5. The molecule has 1 heterocycles. The number of benzene rings is 1. The monoisotopic (exact) mass is 295 g/mol. The first-order valence-corrected chi connectivity index (χ1v) is 7.49. The van der Waals surface area contributed by atoms with Gasteiger partial charge in [-0.3, -0.25) is 0 Å². The summed E-state index contributed by atoms with van der Waals surface area (Å²) in [4.78, 5) is 2.46. The molecule has 0 atom stereocenters. The van der Waals surface area contributed by atoms with Crippen LogP contribution in [0.25, 0.3) is 0 Å². The lowest BCUT2D eigenvalue weighted by Gasteiger charge is -2.17. The van der Waals surface area contributed by atoms with Crippen LogP contribution in [0.3, 0.4) is 0 Å². The standard InChI is InChI=1S/C16H25NO4/c1-19-14-10-13(12-18)11-15(20-2)16(14)21-9-5-8-17-6-3-4-7-17/h10-11,18H,3-9,12H2,1-2H3. The summed E-state index contributed by atoms with van der Waals surface area (Å²) in [5, 5.41) is 9.25. The minimum Gasteiger partial charge on any atom is -0.493 e. The van der Waals surface area contributed by atoms with E-state index in [0.29, 0.717) is 23.9 Å². The van der Waals surface area contributed by atoms with Gasteiger partial charge >= 0.3 is 0 Å². The van der Waals surface area contributed by atoms with Crippen LogP contribution in [0, 0.1) is 0 Å². The number of aliphatic hydroxyl groups excluding tert-OH is 1. The first kappa shape index (κ1) is 15.9. The molecule has 1 fully saturated rings. The first-order chi connectivity index (χ1) is 10.3. The van der Waals surface area contributed by atoms with Crippen molar-refractivity contribution in [1.29, 1.82) is 0 Å². The van der Waals surface area contributed by atoms with Crippen molar-refractivity contribution in [3.63, 3.8) is 0 Å². The number of hydrogen-bond acceptors (Lipinski definition) is 5. The number of ether oxygens (including phenoxy) is 3. The molecule has 0 aromatic heterocycles. The third-order valence-corrected chi connectivity index (χ3v) is 3.77. The van der Waals surface area contributed by atoms with Crippen LogP contribution in [-0.2, 0) is 6.61 Å². The van der Waals surface area contributed by atoms with Gasteiger partial charge in [-0.25, -0.2) is 0 Å². The minimum atomic E-state index is -0.0536. The second-order valence-corrected chi connectivity index (χ2v) is 5.24. The van der Waals surface area contributed by atoms with Crippen molar-refractivity contribution >= 4 is 0 Å². The molecule has 1 saturated heterocycles. The summed E-state index contributed by atoms with van der Waals surface area (Å²) in [6.45, 7) is 4.05. The highest BCUT2D eigenvalue weighted by Gasteiger charge is 2.15. The maximum atomic E-state index is 9.25. The van der Waals surface area contributed by atoms with Crippen LogP contribution in [0.15, 0.2) is 12.1 Å². The van der Waals surface area contributed by atoms with E-state index in [2.05, 4.69) is 4.90 Å². The largest absolute Gasteiger partial charge is 0.493 e. The molecular weight excluding hydrogens is 270 g/mol. The predicted molar refractivity (Wildman–Crippen MR) is 81.3 cm³/mol. The SMILES string of the molecule is COc1cc(CO)cc(OC)c1OCCCN1CCCC1. The second-order valence-electron chi connectivity index (χ2n) is 5.24. The average Bonchev–Trinajstić information content (AvgIpc) is 3.04. The third-order valence-electron chi connectivity index (χ3n) is 3.77. The highest BCUT2D eigenvalue weighted by molar-refractivity contribution is 5.53. The van der Waals surface area contributed by atoms with Crippen molar-refractivity contribution in [3.05, 3.63) is 17.7 Å². The average molecular weight is 295 g/mol. The number of likely N-dealkylation sites (tertiary alicyclic amines) is 1. The molecule has 1 aliphatic rings. The van der Waals surface area contributed by atoms with E-state index in [4.69, 9.17) is 14.2 Å². The minimum absolute atomic E-state index is 0.0536. The molecule has 21 heavy (non-hydrogen) atoms. The van der Waals surface area contributed by atoms with Crippen LogP contribution in [0.1, 0.15) is 24.8 Å². The fraction of sp³-hybridized carbons (Fsp3) is 0.625. The molecule has 118 valence electrons. The van der Waals surface area contributed by atoms with Crippen molar-refractivity contribution in [2.75, 3.05) is 40.5 Å². The van der Waals surface area contributed by atoms with Crippen molar-refractivity contribution < 1.29 is 19.3 Å². The fourth-order valence-corrected chi connectivity index (χ4v) is 2.64. The van der Waals surface area contributed by atoms with Crippen LogP contribution in [-0.4, -0.2) is 50.5 Å². The molecule has 0 amide bonds. The number of aliphatic hydroxyl groups is 1. The number of methoxy groups -OCH3 is 2. The van der Waals surface area contributed by atoms with E-state index in [9.17, 15) is 5.11 Å². The zero-order chi connectivity index (χ0) is 15.1. The Hall–Kier alpha value is -1.46. The summed E-state index contributed by atoms with van der Waals surface area (Å²) in [7, 11) is 3.18. The molecular formula is C16H25NO4. The van der Waals surface area contributed by atoms with Crippen molar-refractivity contribution in [3.8, 4) is 17.2 Å². The smallest absolute Gasteiger partial charge is 0.203 e. The summed E-state index contributed by atoms with van der Waals surface area (Å²) in [6.07, 6.45) is 3.60. The van der Waals surface area contributed by atoms with Gasteiger partial charge in [-0.2, -0.15) is 0 Å². The Bertz CT molecular complexity index is 419. The van der Waals surface area contributed by atoms with Gasteiger partial charge in [-0.15, -0.1) is 0 Å². The summed E-state index contributed by atoms with van der Waals surface area (Å²) in [6, 6.07) is 3.55. The molecule has 2 rings (SSSR count). The molecule has 1 aromatic carbocycles. The lowest BCUT2D eigenvalue weighted by molar-refractivity contribution is 0.242. The van der Waals surface area contributed by atoms with Gasteiger partial charge in [0.15, 0.2) is 11.5 Å². The predicted octanol–water partition coefficient (Wildman–Crippen LogP) is 2.06. The van der Waals surface area contributed by atoms with Crippen LogP contribution < -0.4 is 14.2 Å². The Labute approximate surface area is 126 Å². The van der Waals surface area contributed by atoms with E-state index in [-0.39, 0.29) is 6.61 Å². The van der Waals surface area contributed by atoms with Gasteiger partial charge in [-0.1, -0.05) is 0 Å². The van der Waals surface area contributed by atoms with Gasteiger partial charge in [0.2, 0.25) is 5.75 Å². The van der Waals surface area contributed by atoms with Crippen LogP contribution in [0.5, 0.6) is 17.2 Å². The first-order valence-electron chi connectivity index (χ1n) is 7.49. The highest BCUT2D eigenvalue weighted by Crippen LogP contribution is 2.38.